The van der Waals surface area contributed by atoms with Crippen LogP contribution in [0.25, 0.3) is 0 Å². The molecule has 1 heterocycles. The van der Waals surface area contributed by atoms with Gasteiger partial charge >= 0.3 is 0 Å². The van der Waals surface area contributed by atoms with Crippen molar-refractivity contribution in [3.8, 4) is 0 Å². The molecule has 0 amide bonds. The monoisotopic (exact) mass is 197 g/mol. The van der Waals surface area contributed by atoms with Gasteiger partial charge in [-0.15, -0.1) is 0 Å². The van der Waals surface area contributed by atoms with E-state index in [0.29, 0.717) is 0 Å². The Morgan fingerprint density at radius 3 is 1.43 bits per heavy atom. The first kappa shape index (κ1) is 12.4. The molecule has 0 unspecified atom stereocenters. The zero-order chi connectivity index (χ0) is 9.52. The molecular weight excluding hydrogens is 184 g/mol. The van der Waals surface area contributed by atoms with E-state index in [-0.39, 0.29) is 7.43 Å². The Kier molecular flexibility index (Phi) is 6.03. The van der Waals surface area contributed by atoms with Crippen LogP contribution >= 0.6 is 0 Å². The highest BCUT2D eigenvalue weighted by Crippen LogP contribution is 2.01. The molecule has 0 saturated heterocycles. The molecule has 0 spiro atoms. The van der Waals surface area contributed by atoms with Gasteiger partial charge < -0.3 is 4.98 Å². The van der Waals surface area contributed by atoms with Gasteiger partial charge in [-0.05, 0) is 24.3 Å². The van der Waals surface area contributed by atoms with Crippen LogP contribution in [0.4, 0.5) is 8.78 Å². The molecule has 0 atom stereocenters. The highest BCUT2D eigenvalue weighted by molar-refractivity contribution is 5.05. The topological polar surface area (TPSA) is 15.8 Å². The standard InChI is InChI=1S/C6H4F2.C4H5N.CH4/c7-5-3-1-2-4-6(5)8;1-2-4-5-3-1;/h1-4H;1-5H;1H4. The molecule has 0 radical (unpaired) electrons. The smallest absolute Gasteiger partial charge is 0.158 e. The van der Waals surface area contributed by atoms with Gasteiger partial charge in [0.05, 0.1) is 0 Å². The first-order chi connectivity index (χ1) is 6.30. The van der Waals surface area contributed by atoms with Gasteiger partial charge in [0.15, 0.2) is 11.6 Å². The van der Waals surface area contributed by atoms with E-state index in [4.69, 9.17) is 0 Å². The Hall–Kier alpha value is -1.64. The number of nitrogens with one attached hydrogen (secondary N) is 1. The molecule has 1 N–H and O–H groups in total. The summed E-state index contributed by atoms with van der Waals surface area (Å²) < 4.78 is 23.9. The van der Waals surface area contributed by atoms with E-state index in [1.807, 2.05) is 24.5 Å². The van der Waals surface area contributed by atoms with Crippen LogP contribution in [-0.2, 0) is 0 Å². The van der Waals surface area contributed by atoms with Gasteiger partial charge in [0, 0.05) is 12.4 Å². The van der Waals surface area contributed by atoms with Gasteiger partial charge in [-0.1, -0.05) is 19.6 Å². The van der Waals surface area contributed by atoms with Gasteiger partial charge in [-0.2, -0.15) is 0 Å². The molecule has 2 aromatic rings. The van der Waals surface area contributed by atoms with Gasteiger partial charge in [0.2, 0.25) is 0 Å². The van der Waals surface area contributed by atoms with Crippen LogP contribution in [0.2, 0.25) is 0 Å². The van der Waals surface area contributed by atoms with Gasteiger partial charge in [0.25, 0.3) is 0 Å². The summed E-state index contributed by atoms with van der Waals surface area (Å²) in [6, 6.07) is 8.93. The Labute approximate surface area is 82.4 Å². The lowest BCUT2D eigenvalue weighted by Crippen LogP contribution is -1.77. The second kappa shape index (κ2) is 6.83. The summed E-state index contributed by atoms with van der Waals surface area (Å²) in [4.78, 5) is 2.86. The van der Waals surface area contributed by atoms with Crippen LogP contribution in [0.15, 0.2) is 48.8 Å². The van der Waals surface area contributed by atoms with E-state index >= 15 is 0 Å². The minimum Gasteiger partial charge on any atom is -0.368 e. The van der Waals surface area contributed by atoms with Crippen molar-refractivity contribution in [3.63, 3.8) is 0 Å². The fourth-order valence-electron chi connectivity index (χ4n) is 0.717. The van der Waals surface area contributed by atoms with Gasteiger partial charge in [-0.3, -0.25) is 0 Å². The van der Waals surface area contributed by atoms with Crippen LogP contribution in [0, 0.1) is 11.6 Å². The third-order valence-electron chi connectivity index (χ3n) is 1.32. The van der Waals surface area contributed by atoms with Crippen molar-refractivity contribution in [1.82, 2.24) is 4.98 Å². The molecule has 76 valence electrons. The summed E-state index contributed by atoms with van der Waals surface area (Å²) in [5, 5.41) is 0. The van der Waals surface area contributed by atoms with E-state index in [1.165, 1.54) is 12.1 Å². The predicted molar refractivity (Wildman–Crippen MR) is 53.9 cm³/mol. The van der Waals surface area contributed by atoms with Gasteiger partial charge in [0.1, 0.15) is 0 Å². The zero-order valence-electron chi connectivity index (χ0n) is 6.87. The number of benzene rings is 1. The molecule has 0 saturated carbocycles. The Morgan fingerprint density at radius 2 is 1.21 bits per heavy atom. The molecule has 1 aromatic carbocycles. The van der Waals surface area contributed by atoms with E-state index in [1.54, 1.807) is 0 Å². The molecule has 0 aliphatic heterocycles. The maximum absolute atomic E-state index is 11.9. The Morgan fingerprint density at radius 1 is 0.786 bits per heavy atom. The van der Waals surface area contributed by atoms with Crippen molar-refractivity contribution in [2.75, 3.05) is 0 Å². The summed E-state index contributed by atoms with van der Waals surface area (Å²) in [7, 11) is 0. The number of rotatable bonds is 0. The quantitative estimate of drug-likeness (QED) is 0.664. The minimum absolute atomic E-state index is 0. The summed E-state index contributed by atoms with van der Waals surface area (Å²) >= 11 is 0. The highest BCUT2D eigenvalue weighted by Gasteiger charge is 1.93. The second-order valence-electron chi connectivity index (χ2n) is 2.30. The van der Waals surface area contributed by atoms with E-state index < -0.39 is 11.6 Å². The van der Waals surface area contributed by atoms with E-state index in [9.17, 15) is 8.78 Å². The first-order valence-corrected chi connectivity index (χ1v) is 3.78. The van der Waals surface area contributed by atoms with Crippen LogP contribution < -0.4 is 0 Å². The van der Waals surface area contributed by atoms with Crippen molar-refractivity contribution in [2.24, 2.45) is 0 Å². The fraction of sp³-hybridized carbons (Fsp3) is 0.0909. The maximum atomic E-state index is 11.9. The third-order valence-corrected chi connectivity index (χ3v) is 1.32. The largest absolute Gasteiger partial charge is 0.368 e. The molecule has 14 heavy (non-hydrogen) atoms. The maximum Gasteiger partial charge on any atom is 0.158 e. The van der Waals surface area contributed by atoms with Crippen molar-refractivity contribution in [3.05, 3.63) is 60.4 Å². The van der Waals surface area contributed by atoms with Crippen molar-refractivity contribution in [1.29, 1.82) is 0 Å². The van der Waals surface area contributed by atoms with Gasteiger partial charge in [-0.25, -0.2) is 8.78 Å². The summed E-state index contributed by atoms with van der Waals surface area (Å²) in [5.41, 5.74) is 0. The normalized spacial score (nSPS) is 8.14. The lowest BCUT2D eigenvalue weighted by Gasteiger charge is -1.85. The summed E-state index contributed by atoms with van der Waals surface area (Å²) in [6.45, 7) is 0. The summed E-state index contributed by atoms with van der Waals surface area (Å²) in [6.07, 6.45) is 3.75. The average molecular weight is 197 g/mol. The Balaban J connectivity index is 0.000000246. The minimum atomic E-state index is -0.799. The number of halogens is 2. The van der Waals surface area contributed by atoms with Crippen LogP contribution in [0.3, 0.4) is 0 Å². The highest BCUT2D eigenvalue weighted by atomic mass is 19.2. The summed E-state index contributed by atoms with van der Waals surface area (Å²) in [5.74, 6) is -1.60. The van der Waals surface area contributed by atoms with Crippen molar-refractivity contribution >= 4 is 0 Å². The number of aromatic nitrogens is 1. The second-order valence-corrected chi connectivity index (χ2v) is 2.30. The molecular formula is C11H13F2N. The molecule has 2 rings (SSSR count). The fourth-order valence-corrected chi connectivity index (χ4v) is 0.717. The lowest BCUT2D eigenvalue weighted by atomic mass is 10.3. The number of aromatic amines is 1. The van der Waals surface area contributed by atoms with E-state index in [0.717, 1.165) is 12.1 Å². The molecule has 0 bridgehead atoms. The number of hydrogen-bond acceptors (Lipinski definition) is 0. The zero-order valence-corrected chi connectivity index (χ0v) is 6.87. The van der Waals surface area contributed by atoms with Crippen molar-refractivity contribution in [2.45, 2.75) is 7.43 Å². The third kappa shape index (κ3) is 4.40. The first-order valence-electron chi connectivity index (χ1n) is 3.78. The molecule has 1 aromatic heterocycles. The van der Waals surface area contributed by atoms with Crippen molar-refractivity contribution < 1.29 is 8.78 Å². The molecule has 0 fully saturated rings. The average Bonchev–Trinajstić information content (AvgIpc) is 2.68. The Bertz CT molecular complexity index is 293. The van der Waals surface area contributed by atoms with Crippen LogP contribution in [0.5, 0.6) is 0 Å². The predicted octanol–water partition coefficient (Wildman–Crippen LogP) is 3.62. The van der Waals surface area contributed by atoms with E-state index in [2.05, 4.69) is 4.98 Å². The molecule has 1 nitrogen and oxygen atoms in total. The molecule has 3 heteroatoms. The number of hydrogen-bond donors (Lipinski definition) is 1. The van der Waals surface area contributed by atoms with Crippen LogP contribution in [-0.4, -0.2) is 4.98 Å². The van der Waals surface area contributed by atoms with Crippen LogP contribution in [0.1, 0.15) is 7.43 Å². The molecule has 0 aliphatic carbocycles. The molecule has 0 aliphatic rings. The lowest BCUT2D eigenvalue weighted by molar-refractivity contribution is 0.508. The number of H-pyrrole nitrogens is 1. The SMILES string of the molecule is C.Fc1ccccc1F.c1cc[nH]c1.